The summed E-state index contributed by atoms with van der Waals surface area (Å²) in [6.45, 7) is 7.72. The van der Waals surface area contributed by atoms with Crippen LogP contribution in [0.15, 0.2) is 6.33 Å². The number of hydrogen-bond donors (Lipinski definition) is 2. The van der Waals surface area contributed by atoms with Gasteiger partial charge in [-0.25, -0.2) is 0 Å². The van der Waals surface area contributed by atoms with Gasteiger partial charge >= 0.3 is 0 Å². The molecule has 2 N–H and O–H groups in total. The molecule has 0 spiro atoms. The molecule has 0 aromatic carbocycles. The van der Waals surface area contributed by atoms with Gasteiger partial charge in [-0.05, 0) is 20.8 Å². The molecule has 0 fully saturated rings. The Morgan fingerprint density at radius 2 is 2.10 bits per heavy atom. The van der Waals surface area contributed by atoms with Crippen molar-refractivity contribution in [2.45, 2.75) is 39.0 Å². The standard InChI is InChI=1S/C13H26N4O3/c1-10(2)20-6-5-19-8-12(18)7-14-11(3)13-16-15-9-17(13)4/h9-12,14,18H,5-8H2,1-4H3. The van der Waals surface area contributed by atoms with Crippen molar-refractivity contribution < 1.29 is 14.6 Å². The third-order valence-electron chi connectivity index (χ3n) is 2.78. The van der Waals surface area contributed by atoms with Gasteiger partial charge in [-0.15, -0.1) is 10.2 Å². The zero-order valence-corrected chi connectivity index (χ0v) is 12.7. The Kier molecular flexibility index (Phi) is 7.68. The van der Waals surface area contributed by atoms with Crippen LogP contribution in [0.3, 0.4) is 0 Å². The van der Waals surface area contributed by atoms with E-state index >= 15 is 0 Å². The molecule has 20 heavy (non-hydrogen) atoms. The molecule has 1 rings (SSSR count). The Bertz CT molecular complexity index is 370. The van der Waals surface area contributed by atoms with Crippen molar-refractivity contribution in [2.24, 2.45) is 7.05 Å². The second-order valence-electron chi connectivity index (χ2n) is 5.08. The van der Waals surface area contributed by atoms with Crippen molar-refractivity contribution >= 4 is 0 Å². The van der Waals surface area contributed by atoms with Crippen molar-refractivity contribution in [3.8, 4) is 0 Å². The van der Waals surface area contributed by atoms with Crippen molar-refractivity contribution in [3.63, 3.8) is 0 Å². The van der Waals surface area contributed by atoms with Gasteiger partial charge in [-0.1, -0.05) is 0 Å². The van der Waals surface area contributed by atoms with Crippen LogP contribution >= 0.6 is 0 Å². The van der Waals surface area contributed by atoms with E-state index in [-0.39, 0.29) is 12.1 Å². The average Bonchev–Trinajstić information content (AvgIpc) is 2.81. The lowest BCUT2D eigenvalue weighted by Gasteiger charge is -2.16. The summed E-state index contributed by atoms with van der Waals surface area (Å²) < 4.78 is 12.5. The van der Waals surface area contributed by atoms with Crippen LogP contribution in [0.4, 0.5) is 0 Å². The lowest BCUT2D eigenvalue weighted by Crippen LogP contribution is -2.33. The van der Waals surface area contributed by atoms with Crippen molar-refractivity contribution in [1.29, 1.82) is 0 Å². The average molecular weight is 286 g/mol. The SMILES string of the molecule is CC(C)OCCOCC(O)CNC(C)c1nncn1C. The minimum atomic E-state index is -0.551. The van der Waals surface area contributed by atoms with E-state index in [1.807, 2.05) is 32.4 Å². The molecule has 0 aliphatic heterocycles. The molecule has 0 aliphatic carbocycles. The highest BCUT2D eigenvalue weighted by Crippen LogP contribution is 2.06. The molecule has 2 unspecified atom stereocenters. The van der Waals surface area contributed by atoms with Crippen LogP contribution in [-0.2, 0) is 16.5 Å². The van der Waals surface area contributed by atoms with Crippen LogP contribution in [0.2, 0.25) is 0 Å². The van der Waals surface area contributed by atoms with Gasteiger partial charge in [0, 0.05) is 13.6 Å². The number of ether oxygens (including phenoxy) is 2. The molecule has 7 nitrogen and oxygen atoms in total. The fourth-order valence-electron chi connectivity index (χ4n) is 1.71. The molecular weight excluding hydrogens is 260 g/mol. The summed E-state index contributed by atoms with van der Waals surface area (Å²) in [6, 6.07) is 0.0291. The minimum Gasteiger partial charge on any atom is -0.389 e. The van der Waals surface area contributed by atoms with E-state index in [1.54, 1.807) is 6.33 Å². The molecule has 0 bridgehead atoms. The summed E-state index contributed by atoms with van der Waals surface area (Å²) in [4.78, 5) is 0. The lowest BCUT2D eigenvalue weighted by molar-refractivity contribution is -0.0104. The molecule has 0 saturated heterocycles. The summed E-state index contributed by atoms with van der Waals surface area (Å²) in [7, 11) is 1.89. The maximum absolute atomic E-state index is 9.80. The van der Waals surface area contributed by atoms with Crippen LogP contribution in [0.25, 0.3) is 0 Å². The maximum Gasteiger partial charge on any atom is 0.149 e. The van der Waals surface area contributed by atoms with Crippen molar-refractivity contribution in [2.75, 3.05) is 26.4 Å². The molecule has 1 aromatic heterocycles. The summed E-state index contributed by atoms with van der Waals surface area (Å²) >= 11 is 0. The molecule has 0 amide bonds. The van der Waals surface area contributed by atoms with E-state index in [0.717, 1.165) is 5.82 Å². The topological polar surface area (TPSA) is 81.4 Å². The van der Waals surface area contributed by atoms with Gasteiger partial charge in [0.15, 0.2) is 0 Å². The Hall–Kier alpha value is -1.02. The smallest absolute Gasteiger partial charge is 0.149 e. The summed E-state index contributed by atoms with van der Waals surface area (Å²) in [5.74, 6) is 0.837. The van der Waals surface area contributed by atoms with E-state index in [0.29, 0.717) is 26.4 Å². The molecule has 0 saturated carbocycles. The van der Waals surface area contributed by atoms with Gasteiger partial charge in [0.2, 0.25) is 0 Å². The minimum absolute atomic E-state index is 0.0291. The number of aryl methyl sites for hydroxylation is 1. The molecule has 116 valence electrons. The monoisotopic (exact) mass is 286 g/mol. The van der Waals surface area contributed by atoms with Gasteiger partial charge < -0.3 is 24.5 Å². The number of hydrogen-bond acceptors (Lipinski definition) is 6. The van der Waals surface area contributed by atoms with E-state index in [9.17, 15) is 5.11 Å². The van der Waals surface area contributed by atoms with E-state index in [1.165, 1.54) is 0 Å². The van der Waals surface area contributed by atoms with Gasteiger partial charge in [-0.2, -0.15) is 0 Å². The second kappa shape index (κ2) is 9.02. The van der Waals surface area contributed by atoms with Crippen LogP contribution in [-0.4, -0.2) is 58.4 Å². The zero-order chi connectivity index (χ0) is 15.0. The van der Waals surface area contributed by atoms with Crippen LogP contribution in [0.5, 0.6) is 0 Å². The quantitative estimate of drug-likeness (QED) is 0.601. The van der Waals surface area contributed by atoms with Crippen LogP contribution in [0.1, 0.15) is 32.6 Å². The van der Waals surface area contributed by atoms with Gasteiger partial charge in [0.05, 0.1) is 38.1 Å². The molecule has 7 heteroatoms. The first-order valence-electron chi connectivity index (χ1n) is 6.95. The first kappa shape index (κ1) is 17.0. The van der Waals surface area contributed by atoms with Crippen LogP contribution < -0.4 is 5.32 Å². The number of aliphatic hydroxyl groups excluding tert-OH is 1. The van der Waals surface area contributed by atoms with Crippen LogP contribution in [0, 0.1) is 0 Å². The first-order chi connectivity index (χ1) is 9.50. The Morgan fingerprint density at radius 1 is 1.35 bits per heavy atom. The van der Waals surface area contributed by atoms with Gasteiger partial charge in [0.1, 0.15) is 12.2 Å². The predicted octanol–water partition coefficient (Wildman–Crippen LogP) is 0.268. The van der Waals surface area contributed by atoms with E-state index in [4.69, 9.17) is 9.47 Å². The lowest BCUT2D eigenvalue weighted by atomic mass is 10.3. The number of aliphatic hydroxyl groups is 1. The summed E-state index contributed by atoms with van der Waals surface area (Å²) in [6.07, 6.45) is 1.31. The largest absolute Gasteiger partial charge is 0.389 e. The van der Waals surface area contributed by atoms with E-state index < -0.39 is 6.10 Å². The summed E-state index contributed by atoms with van der Waals surface area (Å²) in [5, 5.41) is 20.8. The molecule has 0 radical (unpaired) electrons. The Labute approximate surface area is 120 Å². The van der Waals surface area contributed by atoms with Crippen molar-refractivity contribution in [1.82, 2.24) is 20.1 Å². The highest BCUT2D eigenvalue weighted by atomic mass is 16.5. The third kappa shape index (κ3) is 6.42. The highest BCUT2D eigenvalue weighted by Gasteiger charge is 2.12. The fraction of sp³-hybridized carbons (Fsp3) is 0.846. The highest BCUT2D eigenvalue weighted by molar-refractivity contribution is 4.92. The van der Waals surface area contributed by atoms with E-state index in [2.05, 4.69) is 15.5 Å². The third-order valence-corrected chi connectivity index (χ3v) is 2.78. The summed E-state index contributed by atoms with van der Waals surface area (Å²) in [5.41, 5.74) is 0. The fourth-order valence-corrected chi connectivity index (χ4v) is 1.71. The Morgan fingerprint density at radius 3 is 2.70 bits per heavy atom. The molecule has 1 heterocycles. The Balaban J connectivity index is 2.11. The molecule has 1 aromatic rings. The number of nitrogens with zero attached hydrogens (tertiary/aromatic N) is 3. The second-order valence-corrected chi connectivity index (χ2v) is 5.08. The van der Waals surface area contributed by atoms with Gasteiger partial charge in [0.25, 0.3) is 0 Å². The zero-order valence-electron chi connectivity index (χ0n) is 12.7. The number of rotatable bonds is 10. The van der Waals surface area contributed by atoms with Crippen molar-refractivity contribution in [3.05, 3.63) is 12.2 Å². The van der Waals surface area contributed by atoms with Gasteiger partial charge in [-0.3, -0.25) is 0 Å². The molecule has 2 atom stereocenters. The molecule has 0 aliphatic rings. The normalized spacial score (nSPS) is 14.7. The maximum atomic E-state index is 9.80. The molecular formula is C13H26N4O3. The predicted molar refractivity (Wildman–Crippen MR) is 75.3 cm³/mol. The number of aromatic nitrogens is 3. The first-order valence-corrected chi connectivity index (χ1v) is 6.95. The number of nitrogens with one attached hydrogen (secondary N) is 1.